The Kier molecular flexibility index (Phi) is 3.69. The van der Waals surface area contributed by atoms with Gasteiger partial charge in [-0.25, -0.2) is 4.39 Å². The van der Waals surface area contributed by atoms with Crippen LogP contribution < -0.4 is 0 Å². The van der Waals surface area contributed by atoms with Crippen LogP contribution in [0.15, 0.2) is 23.1 Å². The monoisotopic (exact) mass is 224 g/mol. The highest BCUT2D eigenvalue weighted by atomic mass is 32.2. The average Bonchev–Trinajstić information content (AvgIpc) is 2.18. The molecule has 3 nitrogen and oxygen atoms in total. The summed E-state index contributed by atoms with van der Waals surface area (Å²) in [6.07, 6.45) is 0. The van der Waals surface area contributed by atoms with E-state index in [2.05, 4.69) is 0 Å². The van der Waals surface area contributed by atoms with Crippen molar-refractivity contribution in [2.45, 2.75) is 4.90 Å². The van der Waals surface area contributed by atoms with E-state index in [9.17, 15) is 9.18 Å². The summed E-state index contributed by atoms with van der Waals surface area (Å²) < 4.78 is 13.1. The first-order chi connectivity index (χ1) is 7.04. The van der Waals surface area contributed by atoms with Crippen molar-refractivity contribution in [3.63, 3.8) is 0 Å². The van der Waals surface area contributed by atoms with Gasteiger partial charge >= 0.3 is 0 Å². The number of nitriles is 1. The zero-order chi connectivity index (χ0) is 11.4. The van der Waals surface area contributed by atoms with E-state index in [-0.39, 0.29) is 10.8 Å². The molecule has 0 bridgehead atoms. The quantitative estimate of drug-likeness (QED) is 0.688. The normalized spacial score (nSPS) is 9.47. The van der Waals surface area contributed by atoms with Gasteiger partial charge in [-0.3, -0.25) is 4.79 Å². The summed E-state index contributed by atoms with van der Waals surface area (Å²) in [7, 11) is 3.24. The van der Waals surface area contributed by atoms with Crippen molar-refractivity contribution in [3.05, 3.63) is 29.6 Å². The Morgan fingerprint density at radius 1 is 1.53 bits per heavy atom. The van der Waals surface area contributed by atoms with Crippen molar-refractivity contribution in [1.82, 2.24) is 4.90 Å². The molecule has 5 heteroatoms. The van der Waals surface area contributed by atoms with Gasteiger partial charge in [-0.1, -0.05) is 0 Å². The summed E-state index contributed by atoms with van der Waals surface area (Å²) >= 11 is 0.923. The molecule has 0 heterocycles. The first kappa shape index (κ1) is 11.5. The second-order valence-corrected chi connectivity index (χ2v) is 4.04. The number of carbonyl (C=O) groups excluding carboxylic acids is 1. The SMILES string of the molecule is CN(C)C(=O)Sc1ccc(C#N)c(F)c1. The number of hydrogen-bond acceptors (Lipinski definition) is 3. The Labute approximate surface area is 91.5 Å². The van der Waals surface area contributed by atoms with Gasteiger partial charge in [-0.15, -0.1) is 0 Å². The van der Waals surface area contributed by atoms with Gasteiger partial charge < -0.3 is 4.90 Å². The van der Waals surface area contributed by atoms with Gasteiger partial charge in [0.2, 0.25) is 0 Å². The lowest BCUT2D eigenvalue weighted by Crippen LogP contribution is -2.16. The topological polar surface area (TPSA) is 44.1 Å². The molecular weight excluding hydrogens is 215 g/mol. The molecule has 1 rings (SSSR count). The highest BCUT2D eigenvalue weighted by Crippen LogP contribution is 2.22. The number of thioether (sulfide) groups is 1. The minimum absolute atomic E-state index is 0.0170. The van der Waals surface area contributed by atoms with Gasteiger partial charge in [0.25, 0.3) is 5.24 Å². The standard InChI is InChI=1S/C10H9FN2OS/c1-13(2)10(14)15-8-4-3-7(6-12)9(11)5-8/h3-5H,1-2H3. The number of carbonyl (C=O) groups is 1. The van der Waals surface area contributed by atoms with Crippen molar-refractivity contribution in [3.8, 4) is 6.07 Å². The fourth-order valence-electron chi connectivity index (χ4n) is 0.842. The van der Waals surface area contributed by atoms with Crippen LogP contribution in [0.1, 0.15) is 5.56 Å². The third-order valence-corrected chi connectivity index (χ3v) is 2.66. The minimum atomic E-state index is -0.603. The van der Waals surface area contributed by atoms with E-state index in [0.717, 1.165) is 11.8 Å². The van der Waals surface area contributed by atoms with E-state index in [4.69, 9.17) is 5.26 Å². The molecule has 0 aromatic heterocycles. The molecule has 0 aliphatic heterocycles. The Morgan fingerprint density at radius 3 is 2.67 bits per heavy atom. The molecule has 0 unspecified atom stereocenters. The summed E-state index contributed by atoms with van der Waals surface area (Å²) in [4.78, 5) is 13.2. The fraction of sp³-hybridized carbons (Fsp3) is 0.200. The van der Waals surface area contributed by atoms with Crippen LogP contribution in [0.3, 0.4) is 0 Å². The third-order valence-electron chi connectivity index (χ3n) is 1.63. The van der Waals surface area contributed by atoms with Crippen LogP contribution in [-0.4, -0.2) is 24.2 Å². The summed E-state index contributed by atoms with van der Waals surface area (Å²) in [5.41, 5.74) is -0.0170. The van der Waals surface area contributed by atoms with Crippen LogP contribution in [0.2, 0.25) is 0 Å². The van der Waals surface area contributed by atoms with E-state index in [1.54, 1.807) is 26.2 Å². The van der Waals surface area contributed by atoms with Crippen molar-refractivity contribution < 1.29 is 9.18 Å². The van der Waals surface area contributed by atoms with E-state index in [1.807, 2.05) is 0 Å². The van der Waals surface area contributed by atoms with E-state index in [1.165, 1.54) is 17.0 Å². The van der Waals surface area contributed by atoms with Crippen LogP contribution in [0, 0.1) is 17.1 Å². The van der Waals surface area contributed by atoms with Gasteiger partial charge in [-0.05, 0) is 30.0 Å². The number of halogens is 1. The lowest BCUT2D eigenvalue weighted by Gasteiger charge is -2.08. The van der Waals surface area contributed by atoms with Gasteiger partial charge in [0.05, 0.1) is 5.56 Å². The van der Waals surface area contributed by atoms with Gasteiger partial charge in [0.1, 0.15) is 11.9 Å². The molecule has 0 N–H and O–H groups in total. The lowest BCUT2D eigenvalue weighted by molar-refractivity contribution is 0.241. The maximum atomic E-state index is 13.1. The van der Waals surface area contributed by atoms with Crippen molar-refractivity contribution in [1.29, 1.82) is 5.26 Å². The lowest BCUT2D eigenvalue weighted by atomic mass is 10.2. The number of rotatable bonds is 1. The molecule has 0 aliphatic rings. The van der Waals surface area contributed by atoms with Crippen LogP contribution in [0.4, 0.5) is 9.18 Å². The highest BCUT2D eigenvalue weighted by Gasteiger charge is 2.09. The second kappa shape index (κ2) is 4.80. The molecule has 1 aromatic rings. The predicted octanol–water partition coefficient (Wildman–Crippen LogP) is 2.47. The van der Waals surface area contributed by atoms with Crippen LogP contribution in [0.25, 0.3) is 0 Å². The Morgan fingerprint density at radius 2 is 2.20 bits per heavy atom. The molecule has 0 saturated carbocycles. The smallest absolute Gasteiger partial charge is 0.285 e. The zero-order valence-corrected chi connectivity index (χ0v) is 9.14. The third kappa shape index (κ3) is 2.96. The first-order valence-corrected chi connectivity index (χ1v) is 4.95. The molecule has 0 radical (unpaired) electrons. The van der Waals surface area contributed by atoms with E-state index < -0.39 is 5.82 Å². The molecule has 78 valence electrons. The fourth-order valence-corrected chi connectivity index (χ4v) is 1.52. The van der Waals surface area contributed by atoms with Crippen molar-refractivity contribution in [2.75, 3.05) is 14.1 Å². The molecular formula is C10H9FN2OS. The summed E-state index contributed by atoms with van der Waals surface area (Å²) in [5, 5.41) is 8.33. The molecule has 0 aliphatic carbocycles. The van der Waals surface area contributed by atoms with Gasteiger partial charge in [0, 0.05) is 19.0 Å². The molecule has 0 fully saturated rings. The van der Waals surface area contributed by atoms with Crippen molar-refractivity contribution in [2.24, 2.45) is 0 Å². The number of benzene rings is 1. The largest absolute Gasteiger partial charge is 0.339 e. The molecule has 0 saturated heterocycles. The summed E-state index contributed by atoms with van der Waals surface area (Å²) in [6, 6.07) is 5.82. The number of amides is 1. The molecule has 15 heavy (non-hydrogen) atoms. The summed E-state index contributed by atoms with van der Waals surface area (Å²) in [6.45, 7) is 0. The molecule has 0 atom stereocenters. The second-order valence-electron chi connectivity index (χ2n) is 3.02. The van der Waals surface area contributed by atoms with Crippen molar-refractivity contribution >= 4 is 17.0 Å². The molecule has 1 amide bonds. The summed E-state index contributed by atoms with van der Waals surface area (Å²) in [5.74, 6) is -0.603. The number of hydrogen-bond donors (Lipinski definition) is 0. The first-order valence-electron chi connectivity index (χ1n) is 4.13. The Bertz CT molecular complexity index is 426. The maximum absolute atomic E-state index is 13.1. The molecule has 1 aromatic carbocycles. The minimum Gasteiger partial charge on any atom is -0.339 e. The highest BCUT2D eigenvalue weighted by molar-refractivity contribution is 8.13. The maximum Gasteiger partial charge on any atom is 0.285 e. The van der Waals surface area contributed by atoms with E-state index in [0.29, 0.717) is 4.90 Å². The average molecular weight is 224 g/mol. The Hall–Kier alpha value is -1.54. The van der Waals surface area contributed by atoms with Gasteiger partial charge in [0.15, 0.2) is 0 Å². The van der Waals surface area contributed by atoms with E-state index >= 15 is 0 Å². The van der Waals surface area contributed by atoms with Crippen LogP contribution >= 0.6 is 11.8 Å². The number of nitrogens with zero attached hydrogens (tertiary/aromatic N) is 2. The Balaban J connectivity index is 2.86. The van der Waals surface area contributed by atoms with Crippen LogP contribution in [0.5, 0.6) is 0 Å². The predicted molar refractivity (Wildman–Crippen MR) is 56.1 cm³/mol. The van der Waals surface area contributed by atoms with Gasteiger partial charge in [-0.2, -0.15) is 5.26 Å². The van der Waals surface area contributed by atoms with Crippen LogP contribution in [-0.2, 0) is 0 Å². The zero-order valence-electron chi connectivity index (χ0n) is 8.32. The molecule has 0 spiro atoms.